The van der Waals surface area contributed by atoms with Gasteiger partial charge >= 0.3 is 11.8 Å². The summed E-state index contributed by atoms with van der Waals surface area (Å²) in [6.45, 7) is 3.68. The number of methoxy groups -OCH3 is 1. The maximum absolute atomic E-state index is 12.3. The van der Waals surface area contributed by atoms with E-state index in [0.717, 1.165) is 11.1 Å². The molecule has 2 rings (SSSR count). The minimum Gasteiger partial charge on any atom is -0.493 e. The Labute approximate surface area is 188 Å². The van der Waals surface area contributed by atoms with Crippen LogP contribution < -0.4 is 25.5 Å². The van der Waals surface area contributed by atoms with E-state index in [1.54, 1.807) is 12.1 Å². The van der Waals surface area contributed by atoms with Crippen molar-refractivity contribution in [1.82, 2.24) is 10.7 Å². The number of halogens is 1. The zero-order chi connectivity index (χ0) is 23.0. The van der Waals surface area contributed by atoms with Crippen LogP contribution in [0.3, 0.4) is 0 Å². The maximum Gasteiger partial charge on any atom is 0.329 e. The van der Waals surface area contributed by atoms with Gasteiger partial charge in [-0.15, -0.1) is 0 Å². The van der Waals surface area contributed by atoms with Crippen molar-refractivity contribution in [3.8, 4) is 11.5 Å². The lowest BCUT2D eigenvalue weighted by molar-refractivity contribution is -0.138. The molecule has 0 unspecified atom stereocenters. The van der Waals surface area contributed by atoms with Crippen molar-refractivity contribution in [3.05, 3.63) is 51.5 Å². The molecule has 31 heavy (non-hydrogen) atoms. The predicted molar refractivity (Wildman–Crippen MR) is 121 cm³/mol. The zero-order valence-electron chi connectivity index (χ0n) is 17.5. The molecule has 0 aliphatic carbocycles. The minimum atomic E-state index is -0.889. The van der Waals surface area contributed by atoms with E-state index in [-0.39, 0.29) is 12.5 Å². The molecule has 164 valence electrons. The van der Waals surface area contributed by atoms with Gasteiger partial charge in [-0.25, -0.2) is 5.43 Å². The summed E-state index contributed by atoms with van der Waals surface area (Å²) in [6, 6.07) is 9.03. The summed E-state index contributed by atoms with van der Waals surface area (Å²) in [5, 5.41) is 8.72. The second-order valence-corrected chi connectivity index (χ2v) is 7.38. The van der Waals surface area contributed by atoms with Gasteiger partial charge in [-0.2, -0.15) is 5.10 Å². The summed E-state index contributed by atoms with van der Waals surface area (Å²) in [5.41, 5.74) is 5.45. The highest BCUT2D eigenvalue weighted by Crippen LogP contribution is 2.36. The Morgan fingerprint density at radius 2 is 1.74 bits per heavy atom. The highest BCUT2D eigenvalue weighted by Gasteiger charge is 2.14. The largest absolute Gasteiger partial charge is 0.493 e. The Kier molecular flexibility index (Phi) is 8.56. The van der Waals surface area contributed by atoms with Gasteiger partial charge in [0.2, 0.25) is 0 Å². The number of aryl methyl sites for hydroxylation is 2. The van der Waals surface area contributed by atoms with Gasteiger partial charge in [0.1, 0.15) is 0 Å². The number of likely N-dealkylation sites (N-methyl/N-ethyl adjacent to an activating group) is 1. The zero-order valence-corrected chi connectivity index (χ0v) is 19.1. The van der Waals surface area contributed by atoms with Crippen molar-refractivity contribution >= 4 is 45.6 Å². The van der Waals surface area contributed by atoms with Gasteiger partial charge < -0.3 is 20.1 Å². The number of nitrogens with zero attached hydrogens (tertiary/aromatic N) is 1. The number of carbonyl (C=O) groups is 3. The number of ether oxygens (including phenoxy) is 2. The van der Waals surface area contributed by atoms with Crippen LogP contribution >= 0.6 is 15.9 Å². The standard InChI is InChI=1S/C21H23BrN4O5/c1-12-5-13(2)7-15(6-12)25-18(27)11-31-19-16(22)8-14(9-17(19)30-4)10-24-26-21(29)20(28)23-3/h5-10H,11H2,1-4H3,(H,23,28)(H,25,27)(H,26,29)/b24-10-. The van der Waals surface area contributed by atoms with E-state index in [0.29, 0.717) is 27.2 Å². The lowest BCUT2D eigenvalue weighted by atomic mass is 10.1. The van der Waals surface area contributed by atoms with Gasteiger partial charge in [-0.3, -0.25) is 14.4 Å². The molecule has 0 radical (unpaired) electrons. The number of carbonyl (C=O) groups excluding carboxylic acids is 3. The van der Waals surface area contributed by atoms with Gasteiger partial charge in [0, 0.05) is 12.7 Å². The van der Waals surface area contributed by atoms with E-state index in [2.05, 4.69) is 37.1 Å². The smallest absolute Gasteiger partial charge is 0.329 e. The van der Waals surface area contributed by atoms with Crippen molar-refractivity contribution < 1.29 is 23.9 Å². The fourth-order valence-corrected chi connectivity index (χ4v) is 3.24. The van der Waals surface area contributed by atoms with Crippen LogP contribution in [0.1, 0.15) is 16.7 Å². The Morgan fingerprint density at radius 1 is 1.06 bits per heavy atom. The molecular weight excluding hydrogens is 468 g/mol. The van der Waals surface area contributed by atoms with Crippen molar-refractivity contribution in [2.75, 3.05) is 26.1 Å². The third kappa shape index (κ3) is 7.10. The highest BCUT2D eigenvalue weighted by molar-refractivity contribution is 9.10. The normalized spacial score (nSPS) is 10.5. The van der Waals surface area contributed by atoms with E-state index in [1.165, 1.54) is 20.4 Å². The molecule has 0 saturated heterocycles. The van der Waals surface area contributed by atoms with Gasteiger partial charge in [-0.1, -0.05) is 6.07 Å². The van der Waals surface area contributed by atoms with Crippen LogP contribution in [0, 0.1) is 13.8 Å². The van der Waals surface area contributed by atoms with Gasteiger partial charge in [0.05, 0.1) is 17.8 Å². The van der Waals surface area contributed by atoms with Crippen LogP contribution in [0.15, 0.2) is 39.9 Å². The van der Waals surface area contributed by atoms with Crippen LogP contribution in [0.5, 0.6) is 11.5 Å². The summed E-state index contributed by atoms with van der Waals surface area (Å²) in [6.07, 6.45) is 1.34. The number of hydrogen-bond donors (Lipinski definition) is 3. The number of rotatable bonds is 7. The highest BCUT2D eigenvalue weighted by atomic mass is 79.9. The topological polar surface area (TPSA) is 118 Å². The number of nitrogens with one attached hydrogen (secondary N) is 3. The van der Waals surface area contributed by atoms with Crippen molar-refractivity contribution in [1.29, 1.82) is 0 Å². The quantitative estimate of drug-likeness (QED) is 0.312. The van der Waals surface area contributed by atoms with Crippen LogP contribution in [-0.2, 0) is 14.4 Å². The summed E-state index contributed by atoms with van der Waals surface area (Å²) in [7, 11) is 2.80. The molecule has 10 heteroatoms. The molecule has 9 nitrogen and oxygen atoms in total. The van der Waals surface area contributed by atoms with E-state index in [9.17, 15) is 14.4 Å². The molecule has 3 N–H and O–H groups in total. The Bertz CT molecular complexity index is 1000. The molecule has 0 fully saturated rings. The number of hydrogen-bond acceptors (Lipinski definition) is 6. The average Bonchev–Trinajstić information content (AvgIpc) is 2.71. The molecule has 2 aromatic carbocycles. The molecule has 0 aliphatic heterocycles. The number of hydrazone groups is 1. The summed E-state index contributed by atoms with van der Waals surface area (Å²) in [4.78, 5) is 34.8. The van der Waals surface area contributed by atoms with Gasteiger partial charge in [-0.05, 0) is 70.7 Å². The van der Waals surface area contributed by atoms with Crippen LogP contribution in [0.25, 0.3) is 0 Å². The van der Waals surface area contributed by atoms with Crippen LogP contribution in [-0.4, -0.2) is 44.7 Å². The fourth-order valence-electron chi connectivity index (χ4n) is 2.67. The van der Waals surface area contributed by atoms with E-state index < -0.39 is 11.8 Å². The molecule has 0 aromatic heterocycles. The molecule has 0 saturated carbocycles. The van der Waals surface area contributed by atoms with Gasteiger partial charge in [0.25, 0.3) is 5.91 Å². The first-order valence-electron chi connectivity index (χ1n) is 9.17. The molecule has 0 atom stereocenters. The molecule has 0 aliphatic rings. The molecule has 0 spiro atoms. The number of benzene rings is 2. The molecule has 0 bridgehead atoms. The first-order valence-corrected chi connectivity index (χ1v) is 9.96. The first-order chi connectivity index (χ1) is 14.7. The van der Waals surface area contributed by atoms with Crippen molar-refractivity contribution in [2.24, 2.45) is 5.10 Å². The Morgan fingerprint density at radius 3 is 2.35 bits per heavy atom. The van der Waals surface area contributed by atoms with E-state index in [4.69, 9.17) is 9.47 Å². The maximum atomic E-state index is 12.3. The van der Waals surface area contributed by atoms with E-state index in [1.807, 2.05) is 32.0 Å². The molecule has 0 heterocycles. The summed E-state index contributed by atoms with van der Waals surface area (Å²) < 4.78 is 11.5. The lowest BCUT2D eigenvalue weighted by Gasteiger charge is -2.14. The third-order valence-electron chi connectivity index (χ3n) is 3.92. The first kappa shape index (κ1) is 23.9. The Balaban J connectivity index is 2.05. The monoisotopic (exact) mass is 490 g/mol. The lowest BCUT2D eigenvalue weighted by Crippen LogP contribution is -2.35. The number of anilines is 1. The summed E-state index contributed by atoms with van der Waals surface area (Å²) in [5.74, 6) is -1.32. The fraction of sp³-hybridized carbons (Fsp3) is 0.238. The molecule has 2 aromatic rings. The SMILES string of the molecule is CNC(=O)C(=O)N/N=C\c1cc(Br)c(OCC(=O)Nc2cc(C)cc(C)c2)c(OC)c1. The Hall–Kier alpha value is -3.40. The second kappa shape index (κ2) is 11.1. The van der Waals surface area contributed by atoms with Crippen molar-refractivity contribution in [3.63, 3.8) is 0 Å². The van der Waals surface area contributed by atoms with Crippen molar-refractivity contribution in [2.45, 2.75) is 13.8 Å². The third-order valence-corrected chi connectivity index (χ3v) is 4.51. The minimum absolute atomic E-state index is 0.225. The van der Waals surface area contributed by atoms with Gasteiger partial charge in [0.15, 0.2) is 18.1 Å². The second-order valence-electron chi connectivity index (χ2n) is 6.53. The van der Waals surface area contributed by atoms with Crippen LogP contribution in [0.4, 0.5) is 5.69 Å². The average molecular weight is 491 g/mol. The van der Waals surface area contributed by atoms with Crippen LogP contribution in [0.2, 0.25) is 0 Å². The molecule has 3 amide bonds. The number of amides is 3. The van der Waals surface area contributed by atoms with E-state index >= 15 is 0 Å². The molecular formula is C21H23BrN4O5. The predicted octanol–water partition coefficient (Wildman–Crippen LogP) is 2.29. The summed E-state index contributed by atoms with van der Waals surface area (Å²) >= 11 is 3.38.